The highest BCUT2D eigenvalue weighted by Gasteiger charge is 2.11. The minimum absolute atomic E-state index is 0.0373. The Kier molecular flexibility index (Phi) is 12.3. The van der Waals surface area contributed by atoms with Gasteiger partial charge in [0, 0.05) is 19.6 Å². The van der Waals surface area contributed by atoms with E-state index in [1.807, 2.05) is 6.92 Å². The van der Waals surface area contributed by atoms with Crippen LogP contribution in [0.25, 0.3) is 0 Å². The maximum atomic E-state index is 11.0. The van der Waals surface area contributed by atoms with Crippen molar-refractivity contribution in [3.63, 3.8) is 0 Å². The topological polar surface area (TPSA) is 73.6 Å². The Morgan fingerprint density at radius 2 is 2.06 bits per heavy atom. The number of rotatable bonds is 13. The third-order valence-corrected chi connectivity index (χ3v) is 2.89. The van der Waals surface area contributed by atoms with E-state index < -0.39 is 0 Å². The Morgan fingerprint density at radius 3 is 2.67 bits per heavy atom. The van der Waals surface area contributed by atoms with Gasteiger partial charge in [0.2, 0.25) is 5.91 Å². The normalized spacial score (nSPS) is 12.6. The van der Waals surface area contributed by atoms with Gasteiger partial charge in [0.05, 0.1) is 13.3 Å². The molecule has 0 heterocycles. The molecule has 18 heavy (non-hydrogen) atoms. The zero-order valence-electron chi connectivity index (χ0n) is 11.7. The van der Waals surface area contributed by atoms with Crippen LogP contribution in [0.15, 0.2) is 0 Å². The average Bonchev–Trinajstić information content (AvgIpc) is 2.35. The highest BCUT2D eigenvalue weighted by Crippen LogP contribution is 2.11. The highest BCUT2D eigenvalue weighted by atomic mass is 16.5. The number of ether oxygens (including phenoxy) is 2. The summed E-state index contributed by atoms with van der Waals surface area (Å²) in [4.78, 5) is 11.0. The predicted octanol–water partition coefficient (Wildman–Crippen LogP) is 1.27. The molecular formula is C13H28N2O3. The molecule has 0 radical (unpaired) electrons. The van der Waals surface area contributed by atoms with Crippen LogP contribution in [0.4, 0.5) is 0 Å². The number of nitrogens with one attached hydrogen (secondary N) is 1. The van der Waals surface area contributed by atoms with Gasteiger partial charge in [-0.2, -0.15) is 0 Å². The number of carbonyl (C=O) groups excluding carboxylic acids is 1. The Hall–Kier alpha value is -0.650. The van der Waals surface area contributed by atoms with Crippen molar-refractivity contribution in [1.82, 2.24) is 5.32 Å². The molecule has 0 aromatic rings. The molecule has 5 heteroatoms. The maximum Gasteiger partial charge on any atom is 0.220 e. The number of hydrogen-bond acceptors (Lipinski definition) is 4. The van der Waals surface area contributed by atoms with Crippen LogP contribution in [0.1, 0.15) is 39.0 Å². The molecule has 0 aliphatic heterocycles. The van der Waals surface area contributed by atoms with Crippen molar-refractivity contribution in [2.75, 3.05) is 33.6 Å². The van der Waals surface area contributed by atoms with Gasteiger partial charge in [0.1, 0.15) is 0 Å². The second-order valence-corrected chi connectivity index (χ2v) is 4.40. The van der Waals surface area contributed by atoms with Gasteiger partial charge in [-0.3, -0.25) is 10.1 Å². The van der Waals surface area contributed by atoms with Gasteiger partial charge in [-0.1, -0.05) is 13.3 Å². The molecule has 1 amide bonds. The van der Waals surface area contributed by atoms with Crippen LogP contribution >= 0.6 is 0 Å². The van der Waals surface area contributed by atoms with Gasteiger partial charge in [-0.25, -0.2) is 0 Å². The monoisotopic (exact) mass is 260 g/mol. The molecule has 0 saturated heterocycles. The lowest BCUT2D eigenvalue weighted by molar-refractivity contribution is -0.122. The van der Waals surface area contributed by atoms with Crippen molar-refractivity contribution in [2.45, 2.75) is 39.0 Å². The first-order valence-corrected chi connectivity index (χ1v) is 6.79. The molecule has 3 N–H and O–H groups in total. The fraction of sp³-hybridized carbons (Fsp3) is 0.923. The van der Waals surface area contributed by atoms with Crippen molar-refractivity contribution in [3.8, 4) is 0 Å². The van der Waals surface area contributed by atoms with E-state index in [1.54, 1.807) is 7.11 Å². The number of carbonyl (C=O) groups is 1. The Morgan fingerprint density at radius 1 is 1.28 bits per heavy atom. The summed E-state index contributed by atoms with van der Waals surface area (Å²) < 4.78 is 10.3. The van der Waals surface area contributed by atoms with Crippen molar-refractivity contribution in [1.29, 1.82) is 0 Å². The molecule has 1 unspecified atom stereocenters. The van der Waals surface area contributed by atoms with Gasteiger partial charge in [0.15, 0.2) is 0 Å². The van der Waals surface area contributed by atoms with Crippen molar-refractivity contribution in [3.05, 3.63) is 0 Å². The van der Waals surface area contributed by atoms with Crippen LogP contribution in [-0.2, 0) is 14.3 Å². The van der Waals surface area contributed by atoms with Crippen LogP contribution in [0, 0.1) is 5.92 Å². The van der Waals surface area contributed by atoms with Crippen LogP contribution < -0.4 is 11.1 Å². The largest absolute Gasteiger partial charge is 0.385 e. The number of methoxy groups -OCH3 is 1. The Labute approximate surface area is 110 Å². The van der Waals surface area contributed by atoms with Gasteiger partial charge in [0.25, 0.3) is 0 Å². The van der Waals surface area contributed by atoms with Crippen LogP contribution in [-0.4, -0.2) is 39.5 Å². The summed E-state index contributed by atoms with van der Waals surface area (Å²) in [6, 6.07) is 0. The summed E-state index contributed by atoms with van der Waals surface area (Å²) in [5, 5.41) is 3.20. The smallest absolute Gasteiger partial charge is 0.220 e. The van der Waals surface area contributed by atoms with E-state index in [4.69, 9.17) is 15.2 Å². The number of primary amides is 1. The lowest BCUT2D eigenvalue weighted by Crippen LogP contribution is -2.23. The maximum absolute atomic E-state index is 11.0. The SMILES string of the molecule is CCC(CCCCNCOCCCOC)C(N)=O. The van der Waals surface area contributed by atoms with E-state index in [9.17, 15) is 4.79 Å². The Bertz CT molecular complexity index is 201. The molecule has 0 bridgehead atoms. The lowest BCUT2D eigenvalue weighted by Gasteiger charge is -2.10. The lowest BCUT2D eigenvalue weighted by atomic mass is 9.99. The summed E-state index contributed by atoms with van der Waals surface area (Å²) in [6.45, 7) is 4.96. The number of hydrogen-bond donors (Lipinski definition) is 2. The summed E-state index contributed by atoms with van der Waals surface area (Å²) in [5.41, 5.74) is 5.28. The summed E-state index contributed by atoms with van der Waals surface area (Å²) in [7, 11) is 1.69. The molecule has 1 atom stereocenters. The Balaban J connectivity index is 3.18. The highest BCUT2D eigenvalue weighted by molar-refractivity contribution is 5.76. The molecule has 0 rings (SSSR count). The third kappa shape index (κ3) is 10.5. The molecule has 5 nitrogen and oxygen atoms in total. The summed E-state index contributed by atoms with van der Waals surface area (Å²) in [5.74, 6) is -0.137. The van der Waals surface area contributed by atoms with E-state index in [2.05, 4.69) is 5.32 Å². The number of amides is 1. The van der Waals surface area contributed by atoms with E-state index in [0.717, 1.165) is 51.9 Å². The van der Waals surface area contributed by atoms with E-state index in [0.29, 0.717) is 6.73 Å². The molecule has 0 aromatic heterocycles. The van der Waals surface area contributed by atoms with Crippen LogP contribution in [0.2, 0.25) is 0 Å². The van der Waals surface area contributed by atoms with Crippen LogP contribution in [0.3, 0.4) is 0 Å². The molecule has 0 aromatic carbocycles. The zero-order chi connectivity index (χ0) is 13.6. The van der Waals surface area contributed by atoms with Gasteiger partial charge < -0.3 is 15.2 Å². The second-order valence-electron chi connectivity index (χ2n) is 4.40. The van der Waals surface area contributed by atoms with Gasteiger partial charge in [-0.15, -0.1) is 0 Å². The first-order chi connectivity index (χ1) is 8.72. The molecule has 108 valence electrons. The van der Waals surface area contributed by atoms with E-state index in [1.165, 1.54) is 0 Å². The second kappa shape index (κ2) is 12.8. The van der Waals surface area contributed by atoms with E-state index in [-0.39, 0.29) is 11.8 Å². The van der Waals surface area contributed by atoms with Crippen molar-refractivity contribution < 1.29 is 14.3 Å². The van der Waals surface area contributed by atoms with Gasteiger partial charge in [-0.05, 0) is 32.2 Å². The first kappa shape index (κ1) is 17.4. The van der Waals surface area contributed by atoms with Crippen molar-refractivity contribution >= 4 is 5.91 Å². The zero-order valence-corrected chi connectivity index (χ0v) is 11.7. The molecule has 0 aliphatic carbocycles. The van der Waals surface area contributed by atoms with E-state index >= 15 is 0 Å². The van der Waals surface area contributed by atoms with Crippen LogP contribution in [0.5, 0.6) is 0 Å². The quantitative estimate of drug-likeness (QED) is 0.386. The summed E-state index contributed by atoms with van der Waals surface area (Å²) >= 11 is 0. The number of nitrogens with two attached hydrogens (primary N) is 1. The predicted molar refractivity (Wildman–Crippen MR) is 72.1 cm³/mol. The summed E-state index contributed by atoms with van der Waals surface area (Å²) in [6.07, 6.45) is 4.73. The fourth-order valence-electron chi connectivity index (χ4n) is 1.71. The molecular weight excluding hydrogens is 232 g/mol. The van der Waals surface area contributed by atoms with Crippen molar-refractivity contribution in [2.24, 2.45) is 11.7 Å². The molecule has 0 spiro atoms. The van der Waals surface area contributed by atoms with Gasteiger partial charge >= 0.3 is 0 Å². The average molecular weight is 260 g/mol. The first-order valence-electron chi connectivity index (χ1n) is 6.79. The molecule has 0 aliphatic rings. The molecule has 0 saturated carbocycles. The third-order valence-electron chi connectivity index (χ3n) is 2.89. The minimum Gasteiger partial charge on any atom is -0.385 e. The fourth-order valence-corrected chi connectivity index (χ4v) is 1.71. The minimum atomic E-state index is -0.174. The standard InChI is InChI=1S/C13H28N2O3/c1-3-12(13(14)16)7-4-5-8-15-11-18-10-6-9-17-2/h12,15H,3-11H2,1-2H3,(H2,14,16). The number of unbranched alkanes of at least 4 members (excludes halogenated alkanes) is 1. The molecule has 0 fully saturated rings.